The molecule has 7 nitrogen and oxygen atoms in total. The molecule has 3 amide bonds. The highest BCUT2D eigenvalue weighted by atomic mass is 79.9. The number of carbonyl (C=O) groups excluding carboxylic acids is 2. The van der Waals surface area contributed by atoms with Gasteiger partial charge in [-0.15, -0.1) is 0 Å². The first kappa shape index (κ1) is 20.3. The third-order valence-corrected chi connectivity index (χ3v) is 5.77. The van der Waals surface area contributed by atoms with Crippen molar-refractivity contribution in [2.24, 2.45) is 0 Å². The molecule has 4 rings (SSSR count). The highest BCUT2D eigenvalue weighted by Crippen LogP contribution is 2.31. The van der Waals surface area contributed by atoms with Gasteiger partial charge in [0.15, 0.2) is 0 Å². The minimum absolute atomic E-state index is 0.0919. The minimum Gasteiger partial charge on any atom is -0.337 e. The van der Waals surface area contributed by atoms with E-state index in [1.54, 1.807) is 6.92 Å². The first-order valence-corrected chi connectivity index (χ1v) is 10.4. The first-order valence-electron chi connectivity index (χ1n) is 9.61. The zero-order valence-corrected chi connectivity index (χ0v) is 18.4. The highest BCUT2D eigenvalue weighted by Gasteiger charge is 2.49. The highest BCUT2D eigenvalue weighted by molar-refractivity contribution is 9.10. The van der Waals surface area contributed by atoms with Gasteiger partial charge in [0.25, 0.3) is 5.91 Å². The molecule has 0 bridgehead atoms. The van der Waals surface area contributed by atoms with Gasteiger partial charge in [-0.05, 0) is 36.1 Å². The summed E-state index contributed by atoms with van der Waals surface area (Å²) in [6.45, 7) is 5.82. The number of carbonyl (C=O) groups is 2. The lowest BCUT2D eigenvalue weighted by molar-refractivity contribution is -0.131. The standard InChI is InChI=1S/C22H21BrN4O3/c1-13(2)14-7-9-16(10-8-14)22(3)20(28)27(21(29)25-22)12-18-24-19(26-30-18)15-5-4-6-17(23)11-15/h4-11,13H,12H2,1-3H3,(H,25,29). The van der Waals surface area contributed by atoms with Crippen LogP contribution in [0.4, 0.5) is 4.79 Å². The summed E-state index contributed by atoms with van der Waals surface area (Å²) in [5.74, 6) is 0.611. The van der Waals surface area contributed by atoms with E-state index in [1.807, 2.05) is 48.5 Å². The predicted octanol–water partition coefficient (Wildman–Crippen LogP) is 4.59. The van der Waals surface area contributed by atoms with Crippen molar-refractivity contribution in [3.63, 3.8) is 0 Å². The number of rotatable bonds is 5. The predicted molar refractivity (Wildman–Crippen MR) is 114 cm³/mol. The molecule has 0 saturated carbocycles. The van der Waals surface area contributed by atoms with Gasteiger partial charge in [-0.25, -0.2) is 4.79 Å². The van der Waals surface area contributed by atoms with Gasteiger partial charge in [-0.3, -0.25) is 9.69 Å². The maximum absolute atomic E-state index is 13.1. The smallest absolute Gasteiger partial charge is 0.325 e. The minimum atomic E-state index is -1.14. The number of hydrogen-bond donors (Lipinski definition) is 1. The van der Waals surface area contributed by atoms with Gasteiger partial charge in [-0.2, -0.15) is 4.98 Å². The van der Waals surface area contributed by atoms with Gasteiger partial charge in [0, 0.05) is 10.0 Å². The summed E-state index contributed by atoms with van der Waals surface area (Å²) < 4.78 is 6.17. The molecule has 2 heterocycles. The number of imide groups is 1. The summed E-state index contributed by atoms with van der Waals surface area (Å²) in [6.07, 6.45) is 0. The van der Waals surface area contributed by atoms with E-state index in [-0.39, 0.29) is 18.3 Å². The molecule has 1 saturated heterocycles. The van der Waals surface area contributed by atoms with Gasteiger partial charge >= 0.3 is 6.03 Å². The van der Waals surface area contributed by atoms with E-state index < -0.39 is 11.6 Å². The number of urea groups is 1. The summed E-state index contributed by atoms with van der Waals surface area (Å²) >= 11 is 3.41. The van der Waals surface area contributed by atoms with Crippen LogP contribution in [0.3, 0.4) is 0 Å². The van der Waals surface area contributed by atoms with Crippen LogP contribution in [0, 0.1) is 0 Å². The fourth-order valence-corrected chi connectivity index (χ4v) is 3.84. The zero-order valence-electron chi connectivity index (χ0n) is 16.8. The van der Waals surface area contributed by atoms with Crippen LogP contribution in [0.5, 0.6) is 0 Å². The molecule has 0 spiro atoms. The third kappa shape index (κ3) is 3.63. The van der Waals surface area contributed by atoms with Crippen LogP contribution in [-0.2, 0) is 16.9 Å². The normalized spacial score (nSPS) is 18.9. The zero-order chi connectivity index (χ0) is 21.5. The van der Waals surface area contributed by atoms with Crippen LogP contribution in [0.1, 0.15) is 43.7 Å². The van der Waals surface area contributed by atoms with Crippen molar-refractivity contribution in [2.75, 3.05) is 0 Å². The molecule has 1 fully saturated rings. The lowest BCUT2D eigenvalue weighted by atomic mass is 9.90. The van der Waals surface area contributed by atoms with Crippen LogP contribution in [-0.4, -0.2) is 27.0 Å². The molecule has 1 aromatic heterocycles. The van der Waals surface area contributed by atoms with Crippen molar-refractivity contribution in [1.29, 1.82) is 0 Å². The molecule has 1 aliphatic rings. The Kier molecular flexibility index (Phi) is 5.19. The van der Waals surface area contributed by atoms with Crippen molar-refractivity contribution in [3.05, 3.63) is 70.0 Å². The summed E-state index contributed by atoms with van der Waals surface area (Å²) in [4.78, 5) is 31.1. The van der Waals surface area contributed by atoms with Crippen LogP contribution in [0.2, 0.25) is 0 Å². The van der Waals surface area contributed by atoms with E-state index in [0.717, 1.165) is 20.5 Å². The second-order valence-corrected chi connectivity index (χ2v) is 8.66. The number of benzene rings is 2. The summed E-state index contributed by atoms with van der Waals surface area (Å²) in [5.41, 5.74) is 1.53. The quantitative estimate of drug-likeness (QED) is 0.553. The molecule has 1 aliphatic heterocycles. The number of nitrogens with zero attached hydrogens (tertiary/aromatic N) is 3. The number of halogens is 1. The fraction of sp³-hybridized carbons (Fsp3) is 0.273. The SMILES string of the molecule is CC(C)c1ccc(C2(C)NC(=O)N(Cc3nc(-c4cccc(Br)c4)no3)C2=O)cc1. The Morgan fingerprint density at radius 1 is 1.17 bits per heavy atom. The molecule has 1 N–H and O–H groups in total. The van der Waals surface area contributed by atoms with Crippen molar-refractivity contribution in [1.82, 2.24) is 20.4 Å². The monoisotopic (exact) mass is 468 g/mol. The maximum atomic E-state index is 13.1. The van der Waals surface area contributed by atoms with E-state index in [1.165, 1.54) is 5.56 Å². The van der Waals surface area contributed by atoms with Crippen LogP contribution < -0.4 is 5.32 Å². The van der Waals surface area contributed by atoms with Gasteiger partial charge in [0.05, 0.1) is 0 Å². The van der Waals surface area contributed by atoms with Gasteiger partial charge in [0.1, 0.15) is 12.1 Å². The van der Waals surface area contributed by atoms with Crippen molar-refractivity contribution < 1.29 is 14.1 Å². The Labute approximate surface area is 182 Å². The lowest BCUT2D eigenvalue weighted by Crippen LogP contribution is -2.40. The Balaban J connectivity index is 1.55. The third-order valence-electron chi connectivity index (χ3n) is 5.27. The fourth-order valence-electron chi connectivity index (χ4n) is 3.44. The number of hydrogen-bond acceptors (Lipinski definition) is 5. The van der Waals surface area contributed by atoms with Gasteiger partial charge < -0.3 is 9.84 Å². The molecular weight excluding hydrogens is 448 g/mol. The molecule has 154 valence electrons. The number of aromatic nitrogens is 2. The molecule has 3 aromatic rings. The Morgan fingerprint density at radius 3 is 2.57 bits per heavy atom. The lowest BCUT2D eigenvalue weighted by Gasteiger charge is -2.22. The molecule has 0 radical (unpaired) electrons. The van der Waals surface area contributed by atoms with Gasteiger partial charge in [0.2, 0.25) is 11.7 Å². The van der Waals surface area contributed by atoms with E-state index in [4.69, 9.17) is 4.52 Å². The molecule has 30 heavy (non-hydrogen) atoms. The second-order valence-electron chi connectivity index (χ2n) is 7.75. The topological polar surface area (TPSA) is 88.3 Å². The van der Waals surface area contributed by atoms with Crippen molar-refractivity contribution >= 4 is 27.9 Å². The molecule has 1 atom stereocenters. The van der Waals surface area contributed by atoms with Crippen LogP contribution in [0.25, 0.3) is 11.4 Å². The summed E-state index contributed by atoms with van der Waals surface area (Å²) in [7, 11) is 0. The molecular formula is C22H21BrN4O3. The Bertz CT molecular complexity index is 1110. The maximum Gasteiger partial charge on any atom is 0.325 e. The van der Waals surface area contributed by atoms with Crippen LogP contribution in [0.15, 0.2) is 57.5 Å². The van der Waals surface area contributed by atoms with Crippen molar-refractivity contribution in [2.45, 2.75) is 38.8 Å². The van der Waals surface area contributed by atoms with Gasteiger partial charge in [-0.1, -0.05) is 71.3 Å². The number of nitrogens with one attached hydrogen (secondary N) is 1. The molecule has 0 aliphatic carbocycles. The largest absolute Gasteiger partial charge is 0.337 e. The average molecular weight is 469 g/mol. The Morgan fingerprint density at radius 2 is 1.90 bits per heavy atom. The van der Waals surface area contributed by atoms with Crippen molar-refractivity contribution in [3.8, 4) is 11.4 Å². The molecule has 2 aromatic carbocycles. The van der Waals surface area contributed by atoms with E-state index in [9.17, 15) is 9.59 Å². The van der Waals surface area contributed by atoms with E-state index >= 15 is 0 Å². The van der Waals surface area contributed by atoms with Crippen LogP contribution >= 0.6 is 15.9 Å². The van der Waals surface area contributed by atoms with E-state index in [0.29, 0.717) is 11.7 Å². The molecule has 1 unspecified atom stereocenters. The average Bonchev–Trinajstić information content (AvgIpc) is 3.27. The second kappa shape index (κ2) is 7.68. The Hall–Kier alpha value is -3.00. The summed E-state index contributed by atoms with van der Waals surface area (Å²) in [5, 5.41) is 6.77. The molecule has 8 heteroatoms. The number of amides is 3. The first-order chi connectivity index (χ1) is 14.3. The summed E-state index contributed by atoms with van der Waals surface area (Å²) in [6, 6.07) is 14.7. The van der Waals surface area contributed by atoms with E-state index in [2.05, 4.69) is 45.2 Å².